The van der Waals surface area contributed by atoms with Crippen LogP contribution < -0.4 is 0 Å². The topological polar surface area (TPSA) is 74.7 Å². The van der Waals surface area contributed by atoms with Gasteiger partial charge < -0.3 is 10.0 Å². The van der Waals surface area contributed by atoms with E-state index in [1.807, 2.05) is 0 Å². The molecule has 2 unspecified atom stereocenters. The van der Waals surface area contributed by atoms with Gasteiger partial charge >= 0.3 is 5.97 Å². The molecular formula is C10H17NO4S. The van der Waals surface area contributed by atoms with Gasteiger partial charge in [-0.1, -0.05) is 6.92 Å². The summed E-state index contributed by atoms with van der Waals surface area (Å²) in [6.07, 6.45) is 2.25. The average molecular weight is 247 g/mol. The van der Waals surface area contributed by atoms with Crippen molar-refractivity contribution in [3.63, 3.8) is 0 Å². The highest BCUT2D eigenvalue weighted by molar-refractivity contribution is 7.87. The monoisotopic (exact) mass is 247 g/mol. The second-order valence-corrected chi connectivity index (χ2v) is 5.47. The van der Waals surface area contributed by atoms with Gasteiger partial charge in [0, 0.05) is 23.9 Å². The smallest absolute Gasteiger partial charge is 0.319 e. The number of carboxylic acids is 1. The molecule has 92 valence electrons. The van der Waals surface area contributed by atoms with Crippen LogP contribution in [0.15, 0.2) is 0 Å². The van der Waals surface area contributed by atoms with E-state index in [0.717, 1.165) is 12.8 Å². The Hall–Kier alpha value is -0.910. The first-order valence-electron chi connectivity index (χ1n) is 5.44. The number of rotatable bonds is 5. The fraction of sp³-hybridized carbons (Fsp3) is 0.800. The van der Waals surface area contributed by atoms with Crippen molar-refractivity contribution in [2.75, 3.05) is 18.8 Å². The van der Waals surface area contributed by atoms with Crippen LogP contribution in [0.5, 0.6) is 0 Å². The quantitative estimate of drug-likeness (QED) is 0.754. The molecule has 0 aliphatic carbocycles. The lowest BCUT2D eigenvalue weighted by Crippen LogP contribution is -2.36. The van der Waals surface area contributed by atoms with Gasteiger partial charge in [0.1, 0.15) is 11.0 Å². The molecule has 6 heteroatoms. The van der Waals surface area contributed by atoms with Gasteiger partial charge in [-0.25, -0.2) is 0 Å². The average Bonchev–Trinajstić information content (AvgIpc) is 2.70. The normalized spacial score (nSPS) is 19.4. The van der Waals surface area contributed by atoms with Crippen molar-refractivity contribution in [1.29, 1.82) is 0 Å². The van der Waals surface area contributed by atoms with Crippen LogP contribution in [0.3, 0.4) is 0 Å². The van der Waals surface area contributed by atoms with Gasteiger partial charge in [0.25, 0.3) is 0 Å². The first-order chi connectivity index (χ1) is 7.56. The van der Waals surface area contributed by atoms with Crippen LogP contribution in [0.2, 0.25) is 0 Å². The molecule has 0 spiro atoms. The van der Waals surface area contributed by atoms with Gasteiger partial charge in [0.15, 0.2) is 0 Å². The molecule has 1 saturated heterocycles. The minimum atomic E-state index is -1.60. The largest absolute Gasteiger partial charge is 0.480 e. The fourth-order valence-electron chi connectivity index (χ4n) is 1.75. The highest BCUT2D eigenvalue weighted by atomic mass is 32.2. The summed E-state index contributed by atoms with van der Waals surface area (Å²) >= 11 is 0. The summed E-state index contributed by atoms with van der Waals surface area (Å²) < 4.78 is 11.7. The van der Waals surface area contributed by atoms with E-state index in [4.69, 9.17) is 5.11 Å². The van der Waals surface area contributed by atoms with Crippen molar-refractivity contribution in [3.8, 4) is 0 Å². The number of amides is 1. The van der Waals surface area contributed by atoms with Crippen molar-refractivity contribution in [1.82, 2.24) is 4.90 Å². The van der Waals surface area contributed by atoms with Crippen molar-refractivity contribution in [2.45, 2.75) is 31.4 Å². The number of hydrogen-bond donors (Lipinski definition) is 1. The maximum atomic E-state index is 11.7. The fourth-order valence-corrected chi connectivity index (χ4v) is 2.98. The van der Waals surface area contributed by atoms with Gasteiger partial charge in [-0.05, 0) is 19.3 Å². The van der Waals surface area contributed by atoms with Crippen molar-refractivity contribution < 1.29 is 18.9 Å². The molecule has 1 N–H and O–H groups in total. The Morgan fingerprint density at radius 2 is 1.94 bits per heavy atom. The first kappa shape index (κ1) is 13.2. The number of carbonyl (C=O) groups is 2. The molecule has 1 heterocycles. The Morgan fingerprint density at radius 1 is 1.38 bits per heavy atom. The first-order valence-corrected chi connectivity index (χ1v) is 6.82. The molecule has 1 aliphatic heterocycles. The van der Waals surface area contributed by atoms with Crippen LogP contribution in [0.4, 0.5) is 0 Å². The van der Waals surface area contributed by atoms with E-state index in [2.05, 4.69) is 0 Å². The molecular weight excluding hydrogens is 230 g/mol. The zero-order valence-electron chi connectivity index (χ0n) is 9.35. The molecule has 0 radical (unpaired) electrons. The predicted molar refractivity (Wildman–Crippen MR) is 60.5 cm³/mol. The summed E-state index contributed by atoms with van der Waals surface area (Å²) in [5.41, 5.74) is 0. The predicted octanol–water partition coefficient (Wildman–Crippen LogP) is 0.221. The van der Waals surface area contributed by atoms with E-state index in [-0.39, 0.29) is 18.1 Å². The molecule has 0 saturated carbocycles. The molecule has 5 nitrogen and oxygen atoms in total. The molecule has 0 aromatic heterocycles. The van der Waals surface area contributed by atoms with Gasteiger partial charge in [0.05, 0.1) is 0 Å². The lowest BCUT2D eigenvalue weighted by atomic mass is 10.3. The van der Waals surface area contributed by atoms with Crippen LogP contribution in [-0.2, 0) is 20.4 Å². The molecule has 2 atom stereocenters. The van der Waals surface area contributed by atoms with E-state index >= 15 is 0 Å². The van der Waals surface area contributed by atoms with Crippen LogP contribution in [-0.4, -0.2) is 50.2 Å². The summed E-state index contributed by atoms with van der Waals surface area (Å²) in [4.78, 5) is 24.1. The number of carboxylic acid groups (broad SMARTS) is 1. The Labute approximate surface area is 97.3 Å². The zero-order chi connectivity index (χ0) is 12.1. The highest BCUT2D eigenvalue weighted by Gasteiger charge is 2.27. The van der Waals surface area contributed by atoms with Crippen LogP contribution >= 0.6 is 0 Å². The standard InChI is InChI=1S/C10H17NO4S/c1-2-8(10(13)14)16(15)7-9(12)11-5-3-4-6-11/h8H,2-7H2,1H3,(H,13,14). The van der Waals surface area contributed by atoms with Gasteiger partial charge in [-0.3, -0.25) is 13.8 Å². The highest BCUT2D eigenvalue weighted by Crippen LogP contribution is 2.10. The molecule has 1 rings (SSSR count). The Morgan fingerprint density at radius 3 is 2.38 bits per heavy atom. The third kappa shape index (κ3) is 3.30. The lowest BCUT2D eigenvalue weighted by Gasteiger charge is -2.16. The van der Waals surface area contributed by atoms with E-state index < -0.39 is 22.0 Å². The SMILES string of the molecule is CCC(C(=O)O)S(=O)CC(=O)N1CCCC1. The molecule has 1 amide bonds. The third-order valence-corrected chi connectivity index (χ3v) is 4.39. The van der Waals surface area contributed by atoms with Gasteiger partial charge in [0.2, 0.25) is 5.91 Å². The number of hydrogen-bond acceptors (Lipinski definition) is 3. The van der Waals surface area contributed by atoms with E-state index in [9.17, 15) is 13.8 Å². The minimum Gasteiger partial charge on any atom is -0.480 e. The molecule has 1 aliphatic rings. The summed E-state index contributed by atoms with van der Waals surface area (Å²) in [5.74, 6) is -1.43. The number of nitrogens with zero attached hydrogens (tertiary/aromatic N) is 1. The van der Waals surface area contributed by atoms with E-state index in [0.29, 0.717) is 13.1 Å². The minimum absolute atomic E-state index is 0.162. The van der Waals surface area contributed by atoms with Crippen molar-refractivity contribution in [3.05, 3.63) is 0 Å². The summed E-state index contributed by atoms with van der Waals surface area (Å²) in [6.45, 7) is 3.08. The van der Waals surface area contributed by atoms with Crippen LogP contribution in [0.25, 0.3) is 0 Å². The second kappa shape index (κ2) is 5.98. The van der Waals surface area contributed by atoms with E-state index in [1.54, 1.807) is 11.8 Å². The Kier molecular flexibility index (Phi) is 4.92. The molecule has 16 heavy (non-hydrogen) atoms. The van der Waals surface area contributed by atoms with Crippen molar-refractivity contribution >= 4 is 22.7 Å². The van der Waals surface area contributed by atoms with Crippen molar-refractivity contribution in [2.24, 2.45) is 0 Å². The zero-order valence-corrected chi connectivity index (χ0v) is 10.2. The second-order valence-electron chi connectivity index (χ2n) is 3.85. The summed E-state index contributed by atoms with van der Waals surface area (Å²) in [5, 5.41) is 7.88. The third-order valence-electron chi connectivity index (χ3n) is 2.69. The number of aliphatic carboxylic acids is 1. The van der Waals surface area contributed by atoms with E-state index in [1.165, 1.54) is 0 Å². The lowest BCUT2D eigenvalue weighted by molar-refractivity contribution is -0.136. The Balaban J connectivity index is 2.49. The van der Waals surface area contributed by atoms with Crippen LogP contribution in [0, 0.1) is 0 Å². The molecule has 0 aromatic carbocycles. The molecule has 1 fully saturated rings. The maximum Gasteiger partial charge on any atom is 0.319 e. The Bertz CT molecular complexity index is 299. The number of carbonyl (C=O) groups excluding carboxylic acids is 1. The van der Waals surface area contributed by atoms with Gasteiger partial charge in [-0.2, -0.15) is 0 Å². The number of likely N-dealkylation sites (tertiary alicyclic amines) is 1. The van der Waals surface area contributed by atoms with Crippen LogP contribution in [0.1, 0.15) is 26.2 Å². The summed E-state index contributed by atoms with van der Waals surface area (Å²) in [7, 11) is -1.60. The molecule has 0 aromatic rings. The molecule has 0 bridgehead atoms. The maximum absolute atomic E-state index is 11.7. The van der Waals surface area contributed by atoms with Gasteiger partial charge in [-0.15, -0.1) is 0 Å². The summed E-state index contributed by atoms with van der Waals surface area (Å²) in [6, 6.07) is 0.